The fourth-order valence-electron chi connectivity index (χ4n) is 8.59. The van der Waals surface area contributed by atoms with Gasteiger partial charge >= 0.3 is 12.1 Å². The van der Waals surface area contributed by atoms with E-state index in [0.29, 0.717) is 43.7 Å². The number of hydrogen-bond donors (Lipinski definition) is 2. The summed E-state index contributed by atoms with van der Waals surface area (Å²) in [7, 11) is 0. The molecular formula is C36H42F2N6O3. The van der Waals surface area contributed by atoms with Gasteiger partial charge in [-0.15, -0.1) is 0 Å². The Kier molecular flexibility index (Phi) is 7.69. The predicted molar refractivity (Wildman–Crippen MR) is 176 cm³/mol. The number of nitrogens with one attached hydrogen (secondary N) is 2. The van der Waals surface area contributed by atoms with Crippen LogP contribution in [0.4, 0.5) is 19.4 Å². The zero-order chi connectivity index (χ0) is 32.2. The second kappa shape index (κ2) is 11.9. The average Bonchev–Trinajstić information content (AvgIpc) is 3.58. The number of ether oxygens (including phenoxy) is 2. The van der Waals surface area contributed by atoms with Gasteiger partial charge in [-0.1, -0.05) is 36.4 Å². The predicted octanol–water partition coefficient (Wildman–Crippen LogP) is 4.17. The van der Waals surface area contributed by atoms with Crippen LogP contribution in [0.1, 0.15) is 69.0 Å². The normalized spacial score (nSPS) is 29.3. The quantitative estimate of drug-likeness (QED) is 0.440. The molecule has 1 unspecified atom stereocenters. The van der Waals surface area contributed by atoms with Gasteiger partial charge in [0.05, 0.1) is 22.9 Å². The molecule has 6 aliphatic heterocycles. The standard InChI is InChI=1S/C36H42F2N6O3/c1-35-13-6-15-43(21-35)32-27-19-39-30(26-12-5-11-24-10-4-9-23(28(24)26)8-2-3-17-46-34(45)42-35)29(38)31(27)40-33(41-32)47-22-36-14-7-16-44(36)20-25(37)18-36/h4-5,9-12,19,25,30,39H,2-3,6-8,13-18,20-22H2,1H3,(H,42,45)/t25-,30?,35-,36+/m1/s1. The maximum atomic E-state index is 17.0. The molecule has 2 aromatic carbocycles. The number of alkyl halides is 1. The Morgan fingerprint density at radius 2 is 1.94 bits per heavy atom. The summed E-state index contributed by atoms with van der Waals surface area (Å²) in [5, 5.41) is 9.26. The Morgan fingerprint density at radius 1 is 1.09 bits per heavy atom. The van der Waals surface area contributed by atoms with Crippen LogP contribution in [-0.4, -0.2) is 77.6 Å². The summed E-state index contributed by atoms with van der Waals surface area (Å²) >= 11 is 0. The number of halogens is 2. The van der Waals surface area contributed by atoms with E-state index in [9.17, 15) is 9.18 Å². The molecule has 2 N–H and O–H groups in total. The summed E-state index contributed by atoms with van der Waals surface area (Å²) in [6.45, 7) is 4.97. The summed E-state index contributed by atoms with van der Waals surface area (Å²) in [6.07, 6.45) is 6.63. The lowest BCUT2D eigenvalue weighted by Gasteiger charge is -2.41. The number of piperidine rings is 1. The fraction of sp³-hybridized carbons (Fsp3) is 0.528. The minimum Gasteiger partial charge on any atom is -0.461 e. The summed E-state index contributed by atoms with van der Waals surface area (Å²) in [5.41, 5.74) is 0.982. The van der Waals surface area contributed by atoms with Gasteiger partial charge in [0.2, 0.25) is 0 Å². The van der Waals surface area contributed by atoms with Gasteiger partial charge in [-0.2, -0.15) is 9.97 Å². The number of carbonyl (C=O) groups is 1. The number of fused-ring (bicyclic) bond motifs is 8. The van der Waals surface area contributed by atoms with Crippen LogP contribution in [0.15, 0.2) is 36.4 Å². The molecule has 1 aromatic heterocycles. The minimum absolute atomic E-state index is 0.0825. The Hall–Kier alpha value is -3.99. The van der Waals surface area contributed by atoms with Gasteiger partial charge in [-0.3, -0.25) is 4.90 Å². The minimum atomic E-state index is -0.887. The third-order valence-electron chi connectivity index (χ3n) is 10.8. The van der Waals surface area contributed by atoms with Crippen molar-refractivity contribution in [3.8, 4) is 6.01 Å². The van der Waals surface area contributed by atoms with Crippen LogP contribution < -0.4 is 30.8 Å². The van der Waals surface area contributed by atoms with E-state index >= 15 is 4.39 Å². The maximum Gasteiger partial charge on any atom is 0.407 e. The lowest BCUT2D eigenvalue weighted by molar-refractivity contribution is 0.107. The topological polar surface area (TPSA) is 91.8 Å². The van der Waals surface area contributed by atoms with Crippen molar-refractivity contribution in [2.75, 3.05) is 44.3 Å². The highest BCUT2D eigenvalue weighted by Gasteiger charge is 2.49. The van der Waals surface area contributed by atoms with Crippen LogP contribution in [0.5, 0.6) is 6.01 Å². The maximum absolute atomic E-state index is 17.0. The largest absolute Gasteiger partial charge is 0.461 e. The van der Waals surface area contributed by atoms with E-state index in [0.717, 1.165) is 73.4 Å². The van der Waals surface area contributed by atoms with Crippen LogP contribution in [0, 0.1) is 0 Å². The van der Waals surface area contributed by atoms with Crippen LogP contribution in [0.25, 0.3) is 22.8 Å². The van der Waals surface area contributed by atoms with E-state index < -0.39 is 35.2 Å². The lowest BCUT2D eigenvalue weighted by atomic mass is 9.90. The van der Waals surface area contributed by atoms with Crippen molar-refractivity contribution in [2.24, 2.45) is 0 Å². The Bertz CT molecular complexity index is 1830. The molecule has 248 valence electrons. The Morgan fingerprint density at radius 3 is 2.83 bits per heavy atom. The number of rotatable bonds is 3. The molecule has 3 fully saturated rings. The van der Waals surface area contributed by atoms with Gasteiger partial charge < -0.3 is 25.0 Å². The molecule has 47 heavy (non-hydrogen) atoms. The molecule has 3 aromatic rings. The average molecular weight is 645 g/mol. The van der Waals surface area contributed by atoms with Gasteiger partial charge in [0.25, 0.3) is 0 Å². The van der Waals surface area contributed by atoms with Crippen molar-refractivity contribution in [3.05, 3.63) is 58.1 Å². The number of hydrogen-bond acceptors (Lipinski definition) is 8. The molecule has 9 rings (SSSR count). The molecule has 0 aliphatic carbocycles. The number of anilines is 1. The molecule has 1 amide bonds. The monoisotopic (exact) mass is 644 g/mol. The van der Waals surface area contributed by atoms with Crippen LogP contribution >= 0.6 is 0 Å². The van der Waals surface area contributed by atoms with Crippen LogP contribution in [0.2, 0.25) is 0 Å². The zero-order valence-electron chi connectivity index (χ0n) is 26.9. The summed E-state index contributed by atoms with van der Waals surface area (Å²) in [5.74, 6) is 0.147. The first-order chi connectivity index (χ1) is 22.8. The van der Waals surface area contributed by atoms with Gasteiger partial charge in [-0.05, 0) is 80.3 Å². The first-order valence-corrected chi connectivity index (χ1v) is 17.1. The van der Waals surface area contributed by atoms with Crippen molar-refractivity contribution in [3.63, 3.8) is 0 Å². The Balaban J connectivity index is 1.26. The third kappa shape index (κ3) is 5.56. The number of amides is 1. The van der Waals surface area contributed by atoms with Gasteiger partial charge in [-0.25, -0.2) is 13.6 Å². The number of aromatic nitrogens is 2. The van der Waals surface area contributed by atoms with Crippen molar-refractivity contribution in [2.45, 2.75) is 81.6 Å². The molecule has 7 heterocycles. The number of aryl methyl sites for hydroxylation is 1. The SMILES string of the molecule is C[C@@]12CCCN(C1)c1nc(OC[C@@]34CCCN3C[C@H](F)C4)nc3c1=CNC(C=3F)c1cccc3cccc(c13)CCCCOC(=O)N2. The van der Waals surface area contributed by atoms with E-state index in [2.05, 4.69) is 38.6 Å². The van der Waals surface area contributed by atoms with E-state index in [1.54, 1.807) is 0 Å². The molecule has 0 saturated carbocycles. The number of nitrogens with zero attached hydrogens (tertiary/aromatic N) is 4. The number of benzene rings is 2. The molecule has 0 radical (unpaired) electrons. The first kappa shape index (κ1) is 30.4. The molecule has 3 saturated heterocycles. The van der Waals surface area contributed by atoms with Crippen molar-refractivity contribution in [1.29, 1.82) is 0 Å². The molecule has 9 nitrogen and oxygen atoms in total. The lowest BCUT2D eigenvalue weighted by Crippen LogP contribution is -2.58. The highest BCUT2D eigenvalue weighted by atomic mass is 19.1. The van der Waals surface area contributed by atoms with E-state index in [1.165, 1.54) is 0 Å². The molecular weight excluding hydrogens is 602 g/mol. The summed E-state index contributed by atoms with van der Waals surface area (Å²) in [6, 6.07) is 11.5. The van der Waals surface area contributed by atoms with Gasteiger partial charge in [0, 0.05) is 32.3 Å². The highest BCUT2D eigenvalue weighted by Crippen LogP contribution is 2.40. The van der Waals surface area contributed by atoms with Crippen molar-refractivity contribution >= 4 is 34.7 Å². The van der Waals surface area contributed by atoms with Crippen molar-refractivity contribution < 1.29 is 23.0 Å². The van der Waals surface area contributed by atoms with Crippen LogP contribution in [-0.2, 0) is 11.2 Å². The second-order valence-electron chi connectivity index (χ2n) is 14.2. The summed E-state index contributed by atoms with van der Waals surface area (Å²) in [4.78, 5) is 26.8. The molecule has 0 spiro atoms. The van der Waals surface area contributed by atoms with E-state index in [1.807, 2.05) is 31.3 Å². The smallest absolute Gasteiger partial charge is 0.407 e. The third-order valence-corrected chi connectivity index (χ3v) is 10.8. The van der Waals surface area contributed by atoms with Crippen molar-refractivity contribution in [1.82, 2.24) is 25.5 Å². The number of carbonyl (C=O) groups excluding carboxylic acids is 1. The van der Waals surface area contributed by atoms with Gasteiger partial charge in [0.1, 0.15) is 30.0 Å². The zero-order valence-corrected chi connectivity index (χ0v) is 26.9. The molecule has 6 aliphatic rings. The van der Waals surface area contributed by atoms with E-state index in [4.69, 9.17) is 19.4 Å². The number of alkyl carbamates (subject to hydrolysis) is 1. The molecule has 11 heteroatoms. The second-order valence-corrected chi connectivity index (χ2v) is 14.2. The van der Waals surface area contributed by atoms with E-state index in [-0.39, 0.29) is 18.0 Å². The first-order valence-electron chi connectivity index (χ1n) is 17.1. The molecule has 6 bridgehead atoms. The fourth-order valence-corrected chi connectivity index (χ4v) is 8.59. The van der Waals surface area contributed by atoms with Gasteiger partial charge in [0.15, 0.2) is 5.83 Å². The highest BCUT2D eigenvalue weighted by molar-refractivity contribution is 5.90. The molecule has 4 atom stereocenters. The summed E-state index contributed by atoms with van der Waals surface area (Å²) < 4.78 is 43.5. The van der Waals surface area contributed by atoms with Crippen LogP contribution in [0.3, 0.4) is 0 Å². The Labute approximate surface area is 273 Å².